The molecule has 0 saturated carbocycles. The van der Waals surface area contributed by atoms with E-state index in [0.717, 1.165) is 22.8 Å². The van der Waals surface area contributed by atoms with E-state index < -0.39 is 15.8 Å². The summed E-state index contributed by atoms with van der Waals surface area (Å²) in [6, 6.07) is 13.3. The smallest absolute Gasteiger partial charge is 0.243 e. The molecule has 2 aromatic rings. The van der Waals surface area contributed by atoms with Crippen LogP contribution in [0.5, 0.6) is 0 Å². The summed E-state index contributed by atoms with van der Waals surface area (Å²) in [5, 5.41) is 2.71. The van der Waals surface area contributed by atoms with Gasteiger partial charge in [0, 0.05) is 36.2 Å². The minimum Gasteiger partial charge on any atom is -0.355 e. The van der Waals surface area contributed by atoms with Gasteiger partial charge < -0.3 is 5.32 Å². The molecule has 1 amide bonds. The predicted octanol–water partition coefficient (Wildman–Crippen LogP) is 3.79. The highest BCUT2D eigenvalue weighted by Crippen LogP contribution is 2.26. The monoisotopic (exact) mass is 456 g/mol. The zero-order valence-electron chi connectivity index (χ0n) is 15.7. The van der Waals surface area contributed by atoms with Crippen molar-refractivity contribution in [3.8, 4) is 0 Å². The molecule has 29 heavy (non-hydrogen) atoms. The molecule has 0 bridgehead atoms. The van der Waals surface area contributed by atoms with Crippen LogP contribution >= 0.6 is 23.4 Å². The van der Waals surface area contributed by atoms with Crippen molar-refractivity contribution in [2.45, 2.75) is 22.6 Å². The molecule has 1 fully saturated rings. The molecule has 0 aromatic heterocycles. The lowest BCUT2D eigenvalue weighted by Gasteiger charge is -2.30. The number of halogens is 2. The lowest BCUT2D eigenvalue weighted by molar-refractivity contribution is -0.125. The normalized spacial score (nSPS) is 15.9. The van der Waals surface area contributed by atoms with Crippen molar-refractivity contribution in [3.63, 3.8) is 0 Å². The molecule has 0 spiro atoms. The van der Waals surface area contributed by atoms with E-state index in [-0.39, 0.29) is 34.8 Å². The van der Waals surface area contributed by atoms with Crippen LogP contribution in [-0.2, 0) is 14.8 Å². The Morgan fingerprint density at radius 2 is 1.86 bits per heavy atom. The van der Waals surface area contributed by atoms with Crippen LogP contribution in [0.2, 0.25) is 5.02 Å². The maximum Gasteiger partial charge on any atom is 0.243 e. The predicted molar refractivity (Wildman–Crippen MR) is 113 cm³/mol. The maximum atomic E-state index is 13.3. The molecule has 5 nitrogen and oxygen atoms in total. The Morgan fingerprint density at radius 3 is 2.52 bits per heavy atom. The Morgan fingerprint density at radius 1 is 1.17 bits per heavy atom. The third kappa shape index (κ3) is 5.72. The largest absolute Gasteiger partial charge is 0.355 e. The van der Waals surface area contributed by atoms with Crippen molar-refractivity contribution < 1.29 is 17.6 Å². The van der Waals surface area contributed by atoms with Gasteiger partial charge in [-0.05, 0) is 43.2 Å². The third-order valence-electron chi connectivity index (χ3n) is 4.77. The molecule has 9 heteroatoms. The van der Waals surface area contributed by atoms with Crippen molar-refractivity contribution in [2.24, 2.45) is 5.92 Å². The summed E-state index contributed by atoms with van der Waals surface area (Å²) in [7, 11) is -3.75. The molecule has 3 rings (SSSR count). The number of amides is 1. The first-order valence-electron chi connectivity index (χ1n) is 9.28. The molecule has 0 radical (unpaired) electrons. The van der Waals surface area contributed by atoms with E-state index in [4.69, 9.17) is 11.6 Å². The lowest BCUT2D eigenvalue weighted by Crippen LogP contribution is -2.43. The number of carbonyl (C=O) groups is 1. The van der Waals surface area contributed by atoms with Crippen LogP contribution in [0.3, 0.4) is 0 Å². The molecule has 0 aliphatic carbocycles. The van der Waals surface area contributed by atoms with Gasteiger partial charge in [-0.15, -0.1) is 11.8 Å². The van der Waals surface area contributed by atoms with Gasteiger partial charge >= 0.3 is 0 Å². The molecule has 1 aliphatic heterocycles. The number of piperidine rings is 1. The summed E-state index contributed by atoms with van der Waals surface area (Å²) in [5.74, 6) is -0.138. The second-order valence-corrected chi connectivity index (χ2v) is 10.2. The van der Waals surface area contributed by atoms with Gasteiger partial charge in [0.05, 0.1) is 9.92 Å². The summed E-state index contributed by atoms with van der Waals surface area (Å²) in [6.45, 7) is 1.05. The van der Waals surface area contributed by atoms with E-state index >= 15 is 0 Å². The SMILES string of the molecule is O=C(NCCSc1ccccc1)C1CCN(S(=O)(=O)c2ccc(F)c(Cl)c2)CC1. The third-order valence-corrected chi connectivity index (χ3v) is 7.96. The van der Waals surface area contributed by atoms with Gasteiger partial charge in [-0.25, -0.2) is 12.8 Å². The van der Waals surface area contributed by atoms with Crippen molar-refractivity contribution in [3.05, 3.63) is 59.4 Å². The zero-order valence-corrected chi connectivity index (χ0v) is 18.1. The van der Waals surface area contributed by atoms with Crippen LogP contribution in [0.4, 0.5) is 4.39 Å². The van der Waals surface area contributed by atoms with E-state index in [2.05, 4.69) is 5.32 Å². The fourth-order valence-electron chi connectivity index (χ4n) is 3.15. The summed E-state index contributed by atoms with van der Waals surface area (Å²) in [5.41, 5.74) is 0. The molecule has 0 atom stereocenters. The first-order chi connectivity index (χ1) is 13.9. The number of nitrogens with zero attached hydrogens (tertiary/aromatic N) is 1. The second-order valence-electron chi connectivity index (χ2n) is 6.71. The Labute approximate surface area is 179 Å². The standard InChI is InChI=1S/C20H22ClFN2O3S2/c21-18-14-17(6-7-19(18)22)29(26,27)24-11-8-15(9-12-24)20(25)23-10-13-28-16-4-2-1-3-5-16/h1-7,14-15H,8-13H2,(H,23,25). The highest BCUT2D eigenvalue weighted by atomic mass is 35.5. The van der Waals surface area contributed by atoms with Gasteiger partial charge in [0.2, 0.25) is 15.9 Å². The highest BCUT2D eigenvalue weighted by molar-refractivity contribution is 7.99. The molecule has 1 N–H and O–H groups in total. The maximum absolute atomic E-state index is 13.3. The zero-order chi connectivity index (χ0) is 20.9. The molecular weight excluding hydrogens is 435 g/mol. The van der Waals surface area contributed by atoms with Crippen LogP contribution in [-0.4, -0.2) is 44.0 Å². The Kier molecular flexibility index (Phi) is 7.56. The van der Waals surface area contributed by atoms with Gasteiger partial charge in [0.15, 0.2) is 0 Å². The number of hydrogen-bond donors (Lipinski definition) is 1. The molecular formula is C20H22ClFN2O3S2. The van der Waals surface area contributed by atoms with E-state index in [9.17, 15) is 17.6 Å². The van der Waals surface area contributed by atoms with E-state index in [1.54, 1.807) is 11.8 Å². The van der Waals surface area contributed by atoms with Crippen LogP contribution in [0.1, 0.15) is 12.8 Å². The summed E-state index contributed by atoms with van der Waals surface area (Å²) >= 11 is 7.38. The second kappa shape index (κ2) is 9.93. The van der Waals surface area contributed by atoms with Gasteiger partial charge in [0.1, 0.15) is 5.82 Å². The van der Waals surface area contributed by atoms with Crippen LogP contribution in [0.15, 0.2) is 58.3 Å². The minimum absolute atomic E-state index is 0.0373. The highest BCUT2D eigenvalue weighted by Gasteiger charge is 2.32. The fourth-order valence-corrected chi connectivity index (χ4v) is 5.68. The molecule has 1 saturated heterocycles. The van der Waals surface area contributed by atoms with Crippen molar-refractivity contribution in [2.75, 3.05) is 25.4 Å². The number of nitrogens with one attached hydrogen (secondary N) is 1. The van der Waals surface area contributed by atoms with Crippen LogP contribution in [0, 0.1) is 11.7 Å². The van der Waals surface area contributed by atoms with E-state index in [0.29, 0.717) is 19.4 Å². The van der Waals surface area contributed by atoms with Gasteiger partial charge in [-0.1, -0.05) is 29.8 Å². The number of sulfonamides is 1. The number of rotatable bonds is 7. The van der Waals surface area contributed by atoms with Crippen molar-refractivity contribution in [1.82, 2.24) is 9.62 Å². The average molecular weight is 457 g/mol. The Balaban J connectivity index is 1.46. The average Bonchev–Trinajstić information content (AvgIpc) is 2.74. The van der Waals surface area contributed by atoms with Crippen molar-refractivity contribution in [1.29, 1.82) is 0 Å². The van der Waals surface area contributed by atoms with E-state index in [1.807, 2.05) is 30.3 Å². The Bertz CT molecular complexity index is 949. The van der Waals surface area contributed by atoms with E-state index in [1.165, 1.54) is 10.4 Å². The topological polar surface area (TPSA) is 66.5 Å². The quantitative estimate of drug-likeness (QED) is 0.508. The van der Waals surface area contributed by atoms with Crippen LogP contribution in [0.25, 0.3) is 0 Å². The van der Waals surface area contributed by atoms with Gasteiger partial charge in [0.25, 0.3) is 0 Å². The Hall–Kier alpha value is -1.61. The fraction of sp³-hybridized carbons (Fsp3) is 0.350. The van der Waals surface area contributed by atoms with Crippen molar-refractivity contribution >= 4 is 39.3 Å². The molecule has 2 aromatic carbocycles. The van der Waals surface area contributed by atoms with Gasteiger partial charge in [-0.3, -0.25) is 4.79 Å². The molecule has 1 heterocycles. The minimum atomic E-state index is -3.75. The first kappa shape index (κ1) is 22.1. The molecule has 156 valence electrons. The lowest BCUT2D eigenvalue weighted by atomic mass is 9.97. The first-order valence-corrected chi connectivity index (χ1v) is 12.1. The number of thioether (sulfide) groups is 1. The summed E-state index contributed by atoms with van der Waals surface area (Å²) in [6.07, 6.45) is 0.900. The molecule has 1 aliphatic rings. The summed E-state index contributed by atoms with van der Waals surface area (Å²) in [4.78, 5) is 13.5. The number of hydrogen-bond acceptors (Lipinski definition) is 4. The summed E-state index contributed by atoms with van der Waals surface area (Å²) < 4.78 is 40.1. The van der Waals surface area contributed by atoms with Gasteiger partial charge in [-0.2, -0.15) is 4.31 Å². The molecule has 0 unspecified atom stereocenters. The number of carbonyl (C=O) groups excluding carboxylic acids is 1. The number of benzene rings is 2. The van der Waals surface area contributed by atoms with Crippen LogP contribution < -0.4 is 5.32 Å².